The topological polar surface area (TPSA) is 69.3 Å². The number of nitrogens with zero attached hydrogens (tertiary/aromatic N) is 1. The lowest BCUT2D eigenvalue weighted by Crippen LogP contribution is -2.37. The summed E-state index contributed by atoms with van der Waals surface area (Å²) < 4.78 is 22.4. The Morgan fingerprint density at radius 1 is 1.00 bits per heavy atom. The monoisotopic (exact) mass is 526 g/mol. The minimum Gasteiger partial charge on any atom is -0.493 e. The lowest BCUT2D eigenvalue weighted by atomic mass is 10.1. The third-order valence-corrected chi connectivity index (χ3v) is 6.05. The van der Waals surface area contributed by atoms with E-state index in [1.165, 1.54) is 5.56 Å². The fourth-order valence-electron chi connectivity index (χ4n) is 4.21. The van der Waals surface area contributed by atoms with Crippen molar-refractivity contribution in [2.75, 3.05) is 50.2 Å². The molecular weight excluding hydrogens is 492 g/mol. The molecule has 8 heteroatoms. The van der Waals surface area contributed by atoms with Crippen molar-refractivity contribution in [3.63, 3.8) is 0 Å². The van der Waals surface area contributed by atoms with Gasteiger partial charge in [-0.25, -0.2) is 4.79 Å². The number of rotatable bonds is 10. The summed E-state index contributed by atoms with van der Waals surface area (Å²) in [5.74, 6) is 1.05. The fourth-order valence-corrected chi connectivity index (χ4v) is 4.21. The van der Waals surface area contributed by atoms with Gasteiger partial charge in [0.1, 0.15) is 6.61 Å². The largest absolute Gasteiger partial charge is 0.493 e. The molecule has 0 saturated carbocycles. The van der Waals surface area contributed by atoms with Crippen LogP contribution in [0.4, 0.5) is 11.4 Å². The second kappa shape index (κ2) is 13.8. The maximum Gasteiger partial charge on any atom is 0.340 e. The van der Waals surface area contributed by atoms with Gasteiger partial charge < -0.3 is 29.2 Å². The van der Waals surface area contributed by atoms with Crippen LogP contribution in [0.15, 0.2) is 60.7 Å². The molecule has 0 aromatic heterocycles. The first-order valence-electron chi connectivity index (χ1n) is 12.3. The Hall–Kier alpha value is -3.42. The van der Waals surface area contributed by atoms with E-state index in [-0.39, 0.29) is 18.4 Å². The van der Waals surface area contributed by atoms with Crippen molar-refractivity contribution in [3.8, 4) is 11.5 Å². The third-order valence-electron chi connectivity index (χ3n) is 6.05. The summed E-state index contributed by atoms with van der Waals surface area (Å²) in [7, 11) is 1.64. The van der Waals surface area contributed by atoms with Gasteiger partial charge in [0.2, 0.25) is 0 Å². The number of hydrogen-bond donors (Lipinski definition) is 1. The van der Waals surface area contributed by atoms with Gasteiger partial charge in [0.05, 0.1) is 38.2 Å². The van der Waals surface area contributed by atoms with Gasteiger partial charge in [0.25, 0.3) is 0 Å². The minimum atomic E-state index is -0.320. The van der Waals surface area contributed by atoms with Crippen LogP contribution in [0, 0.1) is 6.92 Å². The highest BCUT2D eigenvalue weighted by atomic mass is 35.5. The number of anilines is 2. The van der Waals surface area contributed by atoms with Crippen molar-refractivity contribution in [2.45, 2.75) is 27.0 Å². The van der Waals surface area contributed by atoms with Crippen molar-refractivity contribution < 1.29 is 23.7 Å². The molecule has 3 aromatic rings. The van der Waals surface area contributed by atoms with E-state index in [4.69, 9.17) is 18.9 Å². The summed E-state index contributed by atoms with van der Waals surface area (Å²) in [5.41, 5.74) is 5.62. The molecule has 1 aliphatic heterocycles. The number of carbonyl (C=O) groups excluding carboxylic acids is 1. The fraction of sp³-hybridized carbons (Fsp3) is 0.345. The quantitative estimate of drug-likeness (QED) is 0.343. The molecule has 1 N–H and O–H groups in total. The first-order valence-corrected chi connectivity index (χ1v) is 12.3. The maximum absolute atomic E-state index is 12.7. The molecule has 3 aromatic carbocycles. The highest BCUT2D eigenvalue weighted by Crippen LogP contribution is 2.30. The molecule has 1 heterocycles. The predicted octanol–water partition coefficient (Wildman–Crippen LogP) is 5.63. The molecule has 0 bridgehead atoms. The van der Waals surface area contributed by atoms with Crippen LogP contribution in [-0.2, 0) is 22.6 Å². The number of methoxy groups -OCH3 is 1. The highest BCUT2D eigenvalue weighted by Gasteiger charge is 2.20. The van der Waals surface area contributed by atoms with Crippen molar-refractivity contribution >= 4 is 29.8 Å². The van der Waals surface area contributed by atoms with E-state index in [2.05, 4.69) is 29.3 Å². The third kappa shape index (κ3) is 7.54. The SMILES string of the molecule is CCOC(=O)c1cc(NCc2ccc(OCc3cccc(C)c3)c(OC)c2)ccc1N1CCOCC1.Cl. The van der Waals surface area contributed by atoms with Gasteiger partial charge in [-0.15, -0.1) is 12.4 Å². The van der Waals surface area contributed by atoms with Crippen LogP contribution >= 0.6 is 12.4 Å². The highest BCUT2D eigenvalue weighted by molar-refractivity contribution is 5.97. The van der Waals surface area contributed by atoms with E-state index in [0.717, 1.165) is 35.6 Å². The zero-order valence-electron chi connectivity index (χ0n) is 21.6. The van der Waals surface area contributed by atoms with Gasteiger partial charge in [-0.05, 0) is 55.3 Å². The predicted molar refractivity (Wildman–Crippen MR) is 149 cm³/mol. The average Bonchev–Trinajstić information content (AvgIpc) is 2.91. The molecule has 1 saturated heterocycles. The average molecular weight is 527 g/mol. The molecule has 0 atom stereocenters. The van der Waals surface area contributed by atoms with E-state index in [9.17, 15) is 4.79 Å². The first kappa shape index (κ1) is 28.2. The van der Waals surface area contributed by atoms with E-state index >= 15 is 0 Å². The molecule has 1 aliphatic rings. The van der Waals surface area contributed by atoms with Crippen LogP contribution in [0.1, 0.15) is 34.0 Å². The summed E-state index contributed by atoms with van der Waals surface area (Å²) in [4.78, 5) is 14.9. The summed E-state index contributed by atoms with van der Waals surface area (Å²) in [6.45, 7) is 8.04. The molecule has 0 spiro atoms. The van der Waals surface area contributed by atoms with Gasteiger partial charge in [0, 0.05) is 25.3 Å². The molecule has 1 fully saturated rings. The van der Waals surface area contributed by atoms with E-state index in [0.29, 0.717) is 50.0 Å². The Morgan fingerprint density at radius 2 is 1.81 bits per heavy atom. The number of nitrogens with one attached hydrogen (secondary N) is 1. The Kier molecular flexibility index (Phi) is 10.5. The minimum absolute atomic E-state index is 0. The second-order valence-electron chi connectivity index (χ2n) is 8.67. The summed E-state index contributed by atoms with van der Waals surface area (Å²) in [6, 6.07) is 20.0. The van der Waals surface area contributed by atoms with Crippen molar-refractivity contribution in [2.24, 2.45) is 0 Å². The molecule has 0 aliphatic carbocycles. The normalized spacial score (nSPS) is 12.9. The molecule has 0 unspecified atom stereocenters. The van der Waals surface area contributed by atoms with Gasteiger partial charge in [-0.1, -0.05) is 35.9 Å². The van der Waals surface area contributed by atoms with Crippen LogP contribution in [0.3, 0.4) is 0 Å². The van der Waals surface area contributed by atoms with E-state index in [1.54, 1.807) is 7.11 Å². The standard InChI is InChI=1S/C29H34N2O5.ClH/c1-4-35-29(32)25-18-24(9-10-26(25)31-12-14-34-15-13-31)30-19-22-8-11-27(28(17-22)33-3)36-20-23-7-5-6-21(2)16-23;/h5-11,16-18,30H,4,12-15,19-20H2,1-3H3;1H. The lowest BCUT2D eigenvalue weighted by molar-refractivity contribution is 0.0526. The molecular formula is C29H35ClN2O5. The lowest BCUT2D eigenvalue weighted by Gasteiger charge is -2.30. The zero-order chi connectivity index (χ0) is 25.3. The van der Waals surface area contributed by atoms with Gasteiger partial charge in [-0.3, -0.25) is 0 Å². The number of halogens is 1. The number of benzene rings is 3. The summed E-state index contributed by atoms with van der Waals surface area (Å²) >= 11 is 0. The Morgan fingerprint density at radius 3 is 2.54 bits per heavy atom. The Bertz CT molecular complexity index is 1180. The molecule has 0 amide bonds. The Labute approximate surface area is 225 Å². The smallest absolute Gasteiger partial charge is 0.340 e. The number of aryl methyl sites for hydroxylation is 1. The number of morpholine rings is 1. The van der Waals surface area contributed by atoms with Gasteiger partial charge >= 0.3 is 5.97 Å². The van der Waals surface area contributed by atoms with Crippen molar-refractivity contribution in [1.82, 2.24) is 0 Å². The van der Waals surface area contributed by atoms with Gasteiger partial charge in [-0.2, -0.15) is 0 Å². The number of hydrogen-bond acceptors (Lipinski definition) is 7. The number of ether oxygens (including phenoxy) is 4. The molecule has 4 rings (SSSR count). The van der Waals surface area contributed by atoms with E-state index < -0.39 is 0 Å². The molecule has 7 nitrogen and oxygen atoms in total. The zero-order valence-corrected chi connectivity index (χ0v) is 22.4. The van der Waals surface area contributed by atoms with Crippen LogP contribution in [0.2, 0.25) is 0 Å². The van der Waals surface area contributed by atoms with E-state index in [1.807, 2.05) is 55.5 Å². The van der Waals surface area contributed by atoms with Crippen molar-refractivity contribution in [1.29, 1.82) is 0 Å². The maximum atomic E-state index is 12.7. The number of carbonyl (C=O) groups is 1. The van der Waals surface area contributed by atoms with Crippen molar-refractivity contribution in [3.05, 3.63) is 82.9 Å². The molecule has 0 radical (unpaired) electrons. The summed E-state index contributed by atoms with van der Waals surface area (Å²) in [5, 5.41) is 3.42. The molecule has 198 valence electrons. The molecule has 37 heavy (non-hydrogen) atoms. The second-order valence-corrected chi connectivity index (χ2v) is 8.67. The summed E-state index contributed by atoms with van der Waals surface area (Å²) in [6.07, 6.45) is 0. The first-order chi connectivity index (χ1) is 17.6. The van der Waals surface area contributed by atoms with Gasteiger partial charge in [0.15, 0.2) is 11.5 Å². The van der Waals surface area contributed by atoms with Crippen LogP contribution in [0.25, 0.3) is 0 Å². The van der Waals surface area contributed by atoms with Crippen LogP contribution in [0.5, 0.6) is 11.5 Å². The Balaban J connectivity index is 0.00000380. The van der Waals surface area contributed by atoms with Crippen LogP contribution < -0.4 is 19.7 Å². The van der Waals surface area contributed by atoms with Crippen LogP contribution in [-0.4, -0.2) is 46.0 Å². The number of esters is 1.